The van der Waals surface area contributed by atoms with Crippen LogP contribution in [0.25, 0.3) is 5.65 Å². The highest BCUT2D eigenvalue weighted by molar-refractivity contribution is 5.93. The average Bonchev–Trinajstić information content (AvgIpc) is 3.34. The second kappa shape index (κ2) is 7.41. The summed E-state index contributed by atoms with van der Waals surface area (Å²) in [7, 11) is 0. The summed E-state index contributed by atoms with van der Waals surface area (Å²) in [5.41, 5.74) is 2.04. The maximum Gasteiger partial charge on any atom is 0.270 e. The van der Waals surface area contributed by atoms with Crippen LogP contribution < -0.4 is 5.32 Å². The lowest BCUT2D eigenvalue weighted by Crippen LogP contribution is -2.31. The molecular weight excluding hydrogens is 342 g/mol. The first-order valence-electron chi connectivity index (χ1n) is 8.86. The number of hydrogen-bond donors (Lipinski definition) is 1. The highest BCUT2D eigenvalue weighted by atomic mass is 16.5. The van der Waals surface area contributed by atoms with Crippen LogP contribution in [0.1, 0.15) is 47.2 Å². The topological polar surface area (TPSA) is 85.3 Å². The molecule has 1 N–H and O–H groups in total. The maximum atomic E-state index is 13.0. The summed E-state index contributed by atoms with van der Waals surface area (Å²) < 4.78 is 7.07. The molecule has 4 aromatic rings. The van der Waals surface area contributed by atoms with E-state index < -0.39 is 6.04 Å². The van der Waals surface area contributed by atoms with Gasteiger partial charge in [-0.1, -0.05) is 48.5 Å². The summed E-state index contributed by atoms with van der Waals surface area (Å²) in [5, 5.41) is 7.10. The van der Waals surface area contributed by atoms with Crippen molar-refractivity contribution in [3.05, 3.63) is 83.9 Å². The van der Waals surface area contributed by atoms with Gasteiger partial charge in [0.1, 0.15) is 17.4 Å². The Hall–Kier alpha value is -3.48. The molecule has 27 heavy (non-hydrogen) atoms. The highest BCUT2D eigenvalue weighted by Gasteiger charge is 2.24. The van der Waals surface area contributed by atoms with Crippen molar-refractivity contribution in [2.45, 2.75) is 25.8 Å². The molecule has 1 amide bonds. The Bertz CT molecular complexity index is 1050. The molecule has 0 spiro atoms. The predicted molar refractivity (Wildman–Crippen MR) is 99.2 cm³/mol. The van der Waals surface area contributed by atoms with E-state index in [0.29, 0.717) is 29.5 Å². The number of rotatable bonds is 6. The number of imidazole rings is 1. The lowest BCUT2D eigenvalue weighted by molar-refractivity contribution is 0.0935. The fourth-order valence-electron chi connectivity index (χ4n) is 2.95. The van der Waals surface area contributed by atoms with Crippen molar-refractivity contribution in [2.75, 3.05) is 0 Å². The second-order valence-corrected chi connectivity index (χ2v) is 6.19. The van der Waals surface area contributed by atoms with Crippen molar-refractivity contribution in [2.24, 2.45) is 0 Å². The van der Waals surface area contributed by atoms with Crippen molar-refractivity contribution in [3.63, 3.8) is 0 Å². The number of nitrogens with one attached hydrogen (secondary N) is 1. The number of pyridine rings is 1. The van der Waals surface area contributed by atoms with Gasteiger partial charge in [-0.05, 0) is 24.1 Å². The number of fused-ring (bicyclic) bond motifs is 1. The van der Waals surface area contributed by atoms with Crippen LogP contribution in [0.4, 0.5) is 0 Å². The lowest BCUT2D eigenvalue weighted by Gasteiger charge is -2.15. The maximum absolute atomic E-state index is 13.0. The monoisotopic (exact) mass is 361 g/mol. The summed E-state index contributed by atoms with van der Waals surface area (Å²) in [6, 6.07) is 14.7. The van der Waals surface area contributed by atoms with Crippen molar-refractivity contribution >= 4 is 11.6 Å². The van der Waals surface area contributed by atoms with E-state index in [-0.39, 0.29) is 5.91 Å². The van der Waals surface area contributed by atoms with Crippen LogP contribution in [0.15, 0.2) is 65.4 Å². The van der Waals surface area contributed by atoms with Gasteiger partial charge < -0.3 is 9.84 Å². The van der Waals surface area contributed by atoms with Gasteiger partial charge in [-0.25, -0.2) is 4.98 Å². The molecule has 0 saturated carbocycles. The van der Waals surface area contributed by atoms with Gasteiger partial charge in [0.2, 0.25) is 5.89 Å². The Labute approximate surface area is 156 Å². The van der Waals surface area contributed by atoms with Crippen LogP contribution in [0.5, 0.6) is 0 Å². The Morgan fingerprint density at radius 1 is 1.19 bits per heavy atom. The molecule has 136 valence electrons. The molecule has 0 bridgehead atoms. The SMILES string of the molecule is CCCc1nc([C@@H](NC(=O)c2cnc3ccccn23)c2ccccc2)no1. The minimum absolute atomic E-state index is 0.260. The zero-order valence-corrected chi connectivity index (χ0v) is 14.9. The zero-order chi connectivity index (χ0) is 18.6. The van der Waals surface area contributed by atoms with Crippen LogP contribution in [0.3, 0.4) is 0 Å². The molecule has 3 heterocycles. The zero-order valence-electron chi connectivity index (χ0n) is 14.9. The van der Waals surface area contributed by atoms with E-state index in [4.69, 9.17) is 4.52 Å². The first-order valence-corrected chi connectivity index (χ1v) is 8.86. The van der Waals surface area contributed by atoms with Gasteiger partial charge in [0.25, 0.3) is 5.91 Å². The third-order valence-electron chi connectivity index (χ3n) is 4.26. The van der Waals surface area contributed by atoms with Crippen molar-refractivity contribution in [3.8, 4) is 0 Å². The van der Waals surface area contributed by atoms with Gasteiger partial charge in [0.05, 0.1) is 6.20 Å². The molecule has 7 nitrogen and oxygen atoms in total. The lowest BCUT2D eigenvalue weighted by atomic mass is 10.1. The summed E-state index contributed by atoms with van der Waals surface area (Å²) >= 11 is 0. The molecule has 1 aromatic carbocycles. The highest BCUT2D eigenvalue weighted by Crippen LogP contribution is 2.21. The van der Waals surface area contributed by atoms with Crippen molar-refractivity contribution < 1.29 is 9.32 Å². The normalized spacial score (nSPS) is 12.2. The molecule has 0 saturated heterocycles. The summed E-state index contributed by atoms with van der Waals surface area (Å²) in [6.45, 7) is 2.05. The van der Waals surface area contributed by atoms with E-state index >= 15 is 0 Å². The third-order valence-corrected chi connectivity index (χ3v) is 4.26. The first-order chi connectivity index (χ1) is 13.3. The molecule has 0 aliphatic rings. The number of aromatic nitrogens is 4. The van der Waals surface area contributed by atoms with E-state index in [1.165, 1.54) is 0 Å². The Morgan fingerprint density at radius 3 is 2.81 bits per heavy atom. The quantitative estimate of drug-likeness (QED) is 0.570. The number of carbonyl (C=O) groups excluding carboxylic acids is 1. The van der Waals surface area contributed by atoms with Crippen LogP contribution in [-0.4, -0.2) is 25.4 Å². The molecular formula is C20H19N5O2. The van der Waals surface area contributed by atoms with Crippen molar-refractivity contribution in [1.82, 2.24) is 24.8 Å². The van der Waals surface area contributed by atoms with E-state index in [0.717, 1.165) is 12.0 Å². The van der Waals surface area contributed by atoms with Crippen molar-refractivity contribution in [1.29, 1.82) is 0 Å². The van der Waals surface area contributed by atoms with Crippen LogP contribution in [0, 0.1) is 0 Å². The van der Waals surface area contributed by atoms with Crippen LogP contribution >= 0.6 is 0 Å². The van der Waals surface area contributed by atoms with Crippen LogP contribution in [0.2, 0.25) is 0 Å². The van der Waals surface area contributed by atoms with Gasteiger partial charge in [-0.15, -0.1) is 0 Å². The standard InChI is InChI=1S/C20H19N5O2/c1-2-8-17-22-19(24-27-17)18(14-9-4-3-5-10-14)23-20(26)15-13-21-16-11-6-7-12-25(15)16/h3-7,9-13,18H,2,8H2,1H3,(H,23,26)/t18-/m0/s1. The van der Waals surface area contributed by atoms with E-state index in [2.05, 4.69) is 20.4 Å². The molecule has 3 aromatic heterocycles. The summed E-state index contributed by atoms with van der Waals surface area (Å²) in [6.07, 6.45) is 4.98. The molecule has 0 radical (unpaired) electrons. The molecule has 0 aliphatic carbocycles. The van der Waals surface area contributed by atoms with E-state index in [9.17, 15) is 4.79 Å². The minimum Gasteiger partial charge on any atom is -0.339 e. The van der Waals surface area contributed by atoms with E-state index in [1.54, 1.807) is 10.6 Å². The van der Waals surface area contributed by atoms with Gasteiger partial charge >= 0.3 is 0 Å². The minimum atomic E-state index is -0.512. The Kier molecular flexibility index (Phi) is 4.65. The molecule has 0 unspecified atom stereocenters. The fraction of sp³-hybridized carbons (Fsp3) is 0.200. The number of carbonyl (C=O) groups is 1. The van der Waals surface area contributed by atoms with E-state index in [1.807, 2.05) is 61.7 Å². The van der Waals surface area contributed by atoms with Gasteiger partial charge in [-0.3, -0.25) is 9.20 Å². The second-order valence-electron chi connectivity index (χ2n) is 6.19. The Balaban J connectivity index is 1.67. The molecule has 7 heteroatoms. The Morgan fingerprint density at radius 2 is 2.00 bits per heavy atom. The third kappa shape index (κ3) is 3.44. The van der Waals surface area contributed by atoms with Gasteiger partial charge in [-0.2, -0.15) is 4.98 Å². The summed E-state index contributed by atoms with van der Waals surface area (Å²) in [5.74, 6) is 0.744. The predicted octanol–water partition coefficient (Wildman–Crippen LogP) is 3.19. The molecule has 0 fully saturated rings. The number of hydrogen-bond acceptors (Lipinski definition) is 5. The number of aryl methyl sites for hydroxylation is 1. The van der Waals surface area contributed by atoms with Gasteiger partial charge in [0.15, 0.2) is 5.82 Å². The first kappa shape index (κ1) is 17.0. The average molecular weight is 361 g/mol. The molecule has 0 aliphatic heterocycles. The fourth-order valence-corrected chi connectivity index (χ4v) is 2.95. The number of amides is 1. The molecule has 4 rings (SSSR count). The number of nitrogens with zero attached hydrogens (tertiary/aromatic N) is 4. The van der Waals surface area contributed by atoms with Crippen LogP contribution in [-0.2, 0) is 6.42 Å². The molecule has 1 atom stereocenters. The largest absolute Gasteiger partial charge is 0.339 e. The smallest absolute Gasteiger partial charge is 0.270 e. The van der Waals surface area contributed by atoms with Gasteiger partial charge in [0, 0.05) is 12.6 Å². The number of benzene rings is 1. The summed E-state index contributed by atoms with van der Waals surface area (Å²) in [4.78, 5) is 21.7.